The van der Waals surface area contributed by atoms with Crippen LogP contribution in [-0.2, 0) is 0 Å². The van der Waals surface area contributed by atoms with Crippen LogP contribution in [0.5, 0.6) is 5.75 Å². The molecule has 0 atom stereocenters. The summed E-state index contributed by atoms with van der Waals surface area (Å²) in [7, 11) is 1.56. The maximum absolute atomic E-state index is 12.0. The standard InChI is InChI=1S/C17H13N5O3/c1-25-10-5-2-4-9(8-10)18-14-15(17(24)16(14)23)19-11-6-3-7-12-13(11)21-22-20-12/h2-8,18-19H,1H3,(H,20,21,22). The molecule has 1 heterocycles. The van der Waals surface area contributed by atoms with Gasteiger partial charge in [-0.25, -0.2) is 0 Å². The minimum atomic E-state index is -0.578. The average molecular weight is 335 g/mol. The molecule has 0 amide bonds. The van der Waals surface area contributed by atoms with Crippen molar-refractivity contribution < 1.29 is 4.74 Å². The molecular formula is C17H13N5O3. The van der Waals surface area contributed by atoms with Gasteiger partial charge in [0, 0.05) is 11.8 Å². The van der Waals surface area contributed by atoms with E-state index in [0.29, 0.717) is 28.2 Å². The number of hydrogen-bond donors (Lipinski definition) is 3. The molecule has 3 N–H and O–H groups in total. The van der Waals surface area contributed by atoms with Crippen molar-refractivity contribution in [1.82, 2.24) is 15.4 Å². The second kappa shape index (κ2) is 5.75. The molecule has 1 aromatic heterocycles. The number of hydrogen-bond acceptors (Lipinski definition) is 7. The highest BCUT2D eigenvalue weighted by atomic mass is 16.5. The van der Waals surface area contributed by atoms with E-state index < -0.39 is 10.9 Å². The van der Waals surface area contributed by atoms with Crippen LogP contribution in [0.4, 0.5) is 22.7 Å². The maximum Gasteiger partial charge on any atom is 0.253 e. The Hall–Kier alpha value is -3.68. The second-order valence-electron chi connectivity index (χ2n) is 5.39. The number of H-pyrrole nitrogens is 1. The first-order chi connectivity index (χ1) is 12.2. The molecule has 124 valence electrons. The molecule has 0 saturated carbocycles. The van der Waals surface area contributed by atoms with Gasteiger partial charge in [-0.2, -0.15) is 15.4 Å². The number of benzene rings is 2. The van der Waals surface area contributed by atoms with Crippen LogP contribution in [0, 0.1) is 0 Å². The van der Waals surface area contributed by atoms with Gasteiger partial charge in [-0.15, -0.1) is 0 Å². The number of aromatic amines is 1. The predicted molar refractivity (Wildman–Crippen MR) is 94.8 cm³/mol. The summed E-state index contributed by atoms with van der Waals surface area (Å²) in [5.74, 6) is 0.644. The normalized spacial score (nSPS) is 10.9. The van der Waals surface area contributed by atoms with Crippen molar-refractivity contribution in [3.63, 3.8) is 0 Å². The first kappa shape index (κ1) is 14.9. The number of anilines is 4. The number of ether oxygens (including phenoxy) is 1. The molecule has 4 aromatic rings. The smallest absolute Gasteiger partial charge is 0.253 e. The van der Waals surface area contributed by atoms with Crippen LogP contribution in [0.25, 0.3) is 11.0 Å². The van der Waals surface area contributed by atoms with Crippen LogP contribution >= 0.6 is 0 Å². The van der Waals surface area contributed by atoms with Crippen molar-refractivity contribution in [2.24, 2.45) is 0 Å². The van der Waals surface area contributed by atoms with E-state index in [2.05, 4.69) is 26.0 Å². The van der Waals surface area contributed by atoms with E-state index in [1.807, 2.05) is 0 Å². The minimum Gasteiger partial charge on any atom is -0.497 e. The molecule has 4 rings (SSSR count). The summed E-state index contributed by atoms with van der Waals surface area (Å²) in [6.45, 7) is 0. The third-order valence-electron chi connectivity index (χ3n) is 3.86. The van der Waals surface area contributed by atoms with Crippen LogP contribution in [-0.4, -0.2) is 22.5 Å². The monoisotopic (exact) mass is 335 g/mol. The topological polar surface area (TPSA) is 109 Å². The molecule has 25 heavy (non-hydrogen) atoms. The van der Waals surface area contributed by atoms with E-state index in [9.17, 15) is 9.59 Å². The molecule has 0 aliphatic heterocycles. The van der Waals surface area contributed by atoms with E-state index in [-0.39, 0.29) is 11.4 Å². The molecule has 0 unspecified atom stereocenters. The number of para-hydroxylation sites is 1. The molecule has 0 radical (unpaired) electrons. The number of methoxy groups -OCH3 is 1. The highest BCUT2D eigenvalue weighted by Gasteiger charge is 2.22. The Bertz CT molecular complexity index is 1140. The van der Waals surface area contributed by atoms with Crippen molar-refractivity contribution in [3.05, 3.63) is 62.9 Å². The maximum atomic E-state index is 12.0. The van der Waals surface area contributed by atoms with Gasteiger partial charge in [-0.1, -0.05) is 12.1 Å². The number of rotatable bonds is 5. The Morgan fingerprint density at radius 2 is 1.72 bits per heavy atom. The molecule has 8 nitrogen and oxygen atoms in total. The van der Waals surface area contributed by atoms with Gasteiger partial charge in [0.25, 0.3) is 10.9 Å². The lowest BCUT2D eigenvalue weighted by Gasteiger charge is -2.15. The van der Waals surface area contributed by atoms with Gasteiger partial charge in [0.1, 0.15) is 28.2 Å². The van der Waals surface area contributed by atoms with Gasteiger partial charge in [-0.3, -0.25) is 9.59 Å². The van der Waals surface area contributed by atoms with Crippen LogP contribution in [0.15, 0.2) is 52.1 Å². The lowest BCUT2D eigenvalue weighted by Crippen LogP contribution is -2.35. The fourth-order valence-corrected chi connectivity index (χ4v) is 2.58. The zero-order chi connectivity index (χ0) is 17.4. The van der Waals surface area contributed by atoms with E-state index in [1.165, 1.54) is 0 Å². The Kier molecular flexibility index (Phi) is 3.42. The summed E-state index contributed by atoms with van der Waals surface area (Å²) in [4.78, 5) is 23.9. The molecule has 8 heteroatoms. The number of nitrogens with one attached hydrogen (secondary N) is 3. The van der Waals surface area contributed by atoms with E-state index in [0.717, 1.165) is 0 Å². The quantitative estimate of drug-likeness (QED) is 0.479. The number of fused-ring (bicyclic) bond motifs is 1. The summed E-state index contributed by atoms with van der Waals surface area (Å²) >= 11 is 0. The number of aromatic nitrogens is 3. The fraction of sp³-hybridized carbons (Fsp3) is 0.0588. The van der Waals surface area contributed by atoms with E-state index in [4.69, 9.17) is 4.74 Å². The third kappa shape index (κ3) is 2.49. The van der Waals surface area contributed by atoms with Gasteiger partial charge in [0.15, 0.2) is 0 Å². The molecule has 3 aromatic carbocycles. The highest BCUT2D eigenvalue weighted by Crippen LogP contribution is 2.28. The largest absolute Gasteiger partial charge is 0.497 e. The summed E-state index contributed by atoms with van der Waals surface area (Å²) in [6, 6.07) is 12.4. The lowest BCUT2D eigenvalue weighted by molar-refractivity contribution is 0.415. The molecule has 0 bridgehead atoms. The zero-order valence-corrected chi connectivity index (χ0v) is 13.2. The molecule has 0 spiro atoms. The molecule has 0 aliphatic rings. The zero-order valence-electron chi connectivity index (χ0n) is 13.2. The Morgan fingerprint density at radius 3 is 2.52 bits per heavy atom. The Labute approximate surface area is 141 Å². The minimum absolute atomic E-state index is 0.198. The van der Waals surface area contributed by atoms with Crippen molar-refractivity contribution in [2.45, 2.75) is 0 Å². The van der Waals surface area contributed by atoms with Crippen LogP contribution < -0.4 is 26.2 Å². The van der Waals surface area contributed by atoms with Gasteiger partial charge in [-0.05, 0) is 24.3 Å². The first-order valence-corrected chi connectivity index (χ1v) is 7.48. The van der Waals surface area contributed by atoms with Crippen LogP contribution in [0.3, 0.4) is 0 Å². The van der Waals surface area contributed by atoms with Crippen molar-refractivity contribution in [3.8, 4) is 5.75 Å². The Morgan fingerprint density at radius 1 is 0.960 bits per heavy atom. The summed E-state index contributed by atoms with van der Waals surface area (Å²) in [6.07, 6.45) is 0. The van der Waals surface area contributed by atoms with Gasteiger partial charge >= 0.3 is 0 Å². The molecular weight excluding hydrogens is 322 g/mol. The van der Waals surface area contributed by atoms with Gasteiger partial charge < -0.3 is 15.4 Å². The van der Waals surface area contributed by atoms with Crippen LogP contribution in [0.2, 0.25) is 0 Å². The van der Waals surface area contributed by atoms with Crippen molar-refractivity contribution in [2.75, 3.05) is 17.7 Å². The highest BCUT2D eigenvalue weighted by molar-refractivity contribution is 5.92. The first-order valence-electron chi connectivity index (χ1n) is 7.48. The van der Waals surface area contributed by atoms with Crippen molar-refractivity contribution in [1.29, 1.82) is 0 Å². The van der Waals surface area contributed by atoms with Crippen molar-refractivity contribution >= 4 is 33.8 Å². The molecule has 0 saturated heterocycles. The third-order valence-corrected chi connectivity index (χ3v) is 3.86. The molecule has 0 aliphatic carbocycles. The summed E-state index contributed by atoms with van der Waals surface area (Å²) < 4.78 is 5.16. The summed E-state index contributed by atoms with van der Waals surface area (Å²) in [5.41, 5.74) is 1.74. The fourth-order valence-electron chi connectivity index (χ4n) is 2.58. The Balaban J connectivity index is 1.68. The second-order valence-corrected chi connectivity index (χ2v) is 5.39. The molecule has 0 fully saturated rings. The van der Waals surface area contributed by atoms with Crippen LogP contribution in [0.1, 0.15) is 0 Å². The number of nitrogens with zero attached hydrogens (tertiary/aromatic N) is 2. The van der Waals surface area contributed by atoms with Gasteiger partial charge in [0.2, 0.25) is 0 Å². The average Bonchev–Trinajstić information content (AvgIpc) is 3.14. The SMILES string of the molecule is COc1cccc(Nc2c(Nc3cccc4n[nH]nc34)c(=O)c2=O)c1. The summed E-state index contributed by atoms with van der Waals surface area (Å²) in [5, 5.41) is 16.5. The van der Waals surface area contributed by atoms with E-state index in [1.54, 1.807) is 49.6 Å². The lowest BCUT2D eigenvalue weighted by atomic mass is 10.1. The van der Waals surface area contributed by atoms with E-state index >= 15 is 0 Å². The predicted octanol–water partition coefficient (Wildman–Crippen LogP) is 2.05. The van der Waals surface area contributed by atoms with Gasteiger partial charge in [0.05, 0.1) is 12.8 Å².